The zero-order valence-electron chi connectivity index (χ0n) is 14.3. The minimum Gasteiger partial charge on any atom is -0.384 e. The van der Waals surface area contributed by atoms with Crippen LogP contribution in [0.15, 0.2) is 36.7 Å². The molecule has 2 rings (SSSR count). The van der Waals surface area contributed by atoms with Gasteiger partial charge < -0.3 is 15.5 Å². The lowest BCUT2D eigenvalue weighted by atomic mass is 10.2. The molecule has 24 heavy (non-hydrogen) atoms. The van der Waals surface area contributed by atoms with Crippen molar-refractivity contribution in [1.29, 1.82) is 0 Å². The number of carbonyl (C=O) groups is 1. The van der Waals surface area contributed by atoms with Crippen LogP contribution in [0.4, 0.5) is 11.4 Å². The molecule has 0 spiro atoms. The Hall–Kier alpha value is -2.11. The SMILES string of the molecule is Cc1ccc(Cl)cc1NC(=O)c1cncc(NCCCN(C)C)c1. The fourth-order valence-corrected chi connectivity index (χ4v) is 2.38. The van der Waals surface area contributed by atoms with Gasteiger partial charge in [0.25, 0.3) is 5.91 Å². The number of amides is 1. The van der Waals surface area contributed by atoms with Gasteiger partial charge in [-0.15, -0.1) is 0 Å². The molecule has 0 saturated carbocycles. The quantitative estimate of drug-likeness (QED) is 0.751. The molecular formula is C18H23ClN4O. The van der Waals surface area contributed by atoms with Crippen LogP contribution in [0.25, 0.3) is 0 Å². The van der Waals surface area contributed by atoms with Crippen molar-refractivity contribution in [2.24, 2.45) is 0 Å². The van der Waals surface area contributed by atoms with E-state index < -0.39 is 0 Å². The van der Waals surface area contributed by atoms with E-state index in [0.717, 1.165) is 30.8 Å². The van der Waals surface area contributed by atoms with E-state index in [9.17, 15) is 4.79 Å². The molecule has 6 heteroatoms. The van der Waals surface area contributed by atoms with E-state index in [1.807, 2.05) is 27.1 Å². The summed E-state index contributed by atoms with van der Waals surface area (Å²) in [6, 6.07) is 7.22. The highest BCUT2D eigenvalue weighted by atomic mass is 35.5. The maximum Gasteiger partial charge on any atom is 0.257 e. The fourth-order valence-electron chi connectivity index (χ4n) is 2.21. The molecule has 0 aliphatic rings. The zero-order chi connectivity index (χ0) is 17.5. The molecule has 0 radical (unpaired) electrons. The maximum absolute atomic E-state index is 12.4. The predicted molar refractivity (Wildman–Crippen MR) is 100 cm³/mol. The number of aromatic nitrogens is 1. The van der Waals surface area contributed by atoms with Crippen LogP contribution in [0.2, 0.25) is 5.02 Å². The van der Waals surface area contributed by atoms with Crippen molar-refractivity contribution in [3.05, 3.63) is 52.8 Å². The number of halogens is 1. The second-order valence-electron chi connectivity index (χ2n) is 5.96. The highest BCUT2D eigenvalue weighted by Crippen LogP contribution is 2.21. The summed E-state index contributed by atoms with van der Waals surface area (Å²) in [6.07, 6.45) is 4.29. The molecule has 0 aliphatic heterocycles. The molecule has 0 bridgehead atoms. The first-order valence-corrected chi connectivity index (χ1v) is 8.24. The van der Waals surface area contributed by atoms with Gasteiger partial charge in [-0.1, -0.05) is 17.7 Å². The minimum atomic E-state index is -0.204. The van der Waals surface area contributed by atoms with E-state index in [-0.39, 0.29) is 5.91 Å². The van der Waals surface area contributed by atoms with Gasteiger partial charge in [-0.3, -0.25) is 9.78 Å². The van der Waals surface area contributed by atoms with E-state index in [0.29, 0.717) is 16.3 Å². The summed E-state index contributed by atoms with van der Waals surface area (Å²) in [4.78, 5) is 18.7. The normalized spacial score (nSPS) is 10.7. The summed E-state index contributed by atoms with van der Waals surface area (Å²) in [5, 5.41) is 6.76. The summed E-state index contributed by atoms with van der Waals surface area (Å²) in [7, 11) is 4.09. The molecule has 1 aromatic heterocycles. The van der Waals surface area contributed by atoms with Crippen LogP contribution in [0, 0.1) is 6.92 Å². The van der Waals surface area contributed by atoms with Crippen LogP contribution in [-0.2, 0) is 0 Å². The molecule has 0 aliphatic carbocycles. The molecule has 5 nitrogen and oxygen atoms in total. The monoisotopic (exact) mass is 346 g/mol. The van der Waals surface area contributed by atoms with Gasteiger partial charge in [-0.25, -0.2) is 0 Å². The third-order valence-corrected chi connectivity index (χ3v) is 3.79. The second-order valence-corrected chi connectivity index (χ2v) is 6.40. The van der Waals surface area contributed by atoms with E-state index >= 15 is 0 Å². The van der Waals surface area contributed by atoms with Crippen LogP contribution in [0.3, 0.4) is 0 Å². The summed E-state index contributed by atoms with van der Waals surface area (Å²) in [6.45, 7) is 3.76. The van der Waals surface area contributed by atoms with E-state index in [1.165, 1.54) is 0 Å². The Kier molecular flexibility index (Phi) is 6.58. The number of rotatable bonds is 7. The van der Waals surface area contributed by atoms with Crippen molar-refractivity contribution >= 4 is 28.9 Å². The Morgan fingerprint density at radius 2 is 2.04 bits per heavy atom. The van der Waals surface area contributed by atoms with Crippen LogP contribution in [0.5, 0.6) is 0 Å². The molecule has 0 atom stereocenters. The van der Waals surface area contributed by atoms with E-state index in [4.69, 9.17) is 11.6 Å². The lowest BCUT2D eigenvalue weighted by molar-refractivity contribution is 0.102. The Morgan fingerprint density at radius 3 is 2.79 bits per heavy atom. The number of benzene rings is 1. The average Bonchev–Trinajstić information content (AvgIpc) is 2.55. The third kappa shape index (κ3) is 5.51. The summed E-state index contributed by atoms with van der Waals surface area (Å²) >= 11 is 5.99. The van der Waals surface area contributed by atoms with E-state index in [2.05, 4.69) is 20.5 Å². The van der Waals surface area contributed by atoms with Gasteiger partial charge in [0.05, 0.1) is 11.3 Å². The summed E-state index contributed by atoms with van der Waals surface area (Å²) < 4.78 is 0. The number of hydrogen-bond acceptors (Lipinski definition) is 4. The maximum atomic E-state index is 12.4. The van der Waals surface area contributed by atoms with Crippen molar-refractivity contribution in [2.45, 2.75) is 13.3 Å². The number of hydrogen-bond donors (Lipinski definition) is 2. The number of pyridine rings is 1. The Labute approximate surface area is 148 Å². The van der Waals surface area contributed by atoms with Gasteiger partial charge in [-0.05, 0) is 57.7 Å². The molecule has 0 fully saturated rings. The van der Waals surface area contributed by atoms with Gasteiger partial charge in [0.15, 0.2) is 0 Å². The van der Waals surface area contributed by atoms with Gasteiger partial charge in [-0.2, -0.15) is 0 Å². The lowest BCUT2D eigenvalue weighted by Gasteiger charge is -2.12. The number of nitrogens with one attached hydrogen (secondary N) is 2. The molecule has 1 heterocycles. The highest BCUT2D eigenvalue weighted by Gasteiger charge is 2.09. The van der Waals surface area contributed by atoms with Crippen LogP contribution in [-0.4, -0.2) is 43.0 Å². The molecule has 128 valence electrons. The van der Waals surface area contributed by atoms with Crippen molar-refractivity contribution < 1.29 is 4.79 Å². The highest BCUT2D eigenvalue weighted by molar-refractivity contribution is 6.31. The third-order valence-electron chi connectivity index (χ3n) is 3.56. The Balaban J connectivity index is 1.99. The number of aryl methyl sites for hydroxylation is 1. The van der Waals surface area contributed by atoms with Crippen molar-refractivity contribution in [3.8, 4) is 0 Å². The average molecular weight is 347 g/mol. The van der Waals surface area contributed by atoms with Crippen molar-refractivity contribution in [3.63, 3.8) is 0 Å². The number of nitrogens with zero attached hydrogens (tertiary/aromatic N) is 2. The first-order valence-electron chi connectivity index (χ1n) is 7.87. The first kappa shape index (κ1) is 18.2. The molecule has 1 aromatic carbocycles. The molecule has 2 N–H and O–H groups in total. The van der Waals surface area contributed by atoms with Crippen LogP contribution >= 0.6 is 11.6 Å². The van der Waals surface area contributed by atoms with Gasteiger partial charge >= 0.3 is 0 Å². The second kappa shape index (κ2) is 8.66. The van der Waals surface area contributed by atoms with E-state index in [1.54, 1.807) is 30.6 Å². The Morgan fingerprint density at radius 1 is 1.25 bits per heavy atom. The van der Waals surface area contributed by atoms with Gasteiger partial charge in [0.1, 0.15) is 0 Å². The summed E-state index contributed by atoms with van der Waals surface area (Å²) in [5.74, 6) is -0.204. The van der Waals surface area contributed by atoms with Crippen molar-refractivity contribution in [2.75, 3.05) is 37.8 Å². The molecule has 2 aromatic rings. The summed E-state index contributed by atoms with van der Waals surface area (Å²) in [5.41, 5.74) is 3.01. The predicted octanol–water partition coefficient (Wildman–Crippen LogP) is 3.66. The molecule has 0 unspecified atom stereocenters. The first-order chi connectivity index (χ1) is 11.5. The molecule has 1 amide bonds. The fraction of sp³-hybridized carbons (Fsp3) is 0.333. The van der Waals surface area contributed by atoms with Crippen molar-refractivity contribution in [1.82, 2.24) is 9.88 Å². The number of carbonyl (C=O) groups excluding carboxylic acids is 1. The molecule has 0 saturated heterocycles. The topological polar surface area (TPSA) is 57.3 Å². The van der Waals surface area contributed by atoms with Gasteiger partial charge in [0, 0.05) is 29.6 Å². The van der Waals surface area contributed by atoms with Crippen LogP contribution < -0.4 is 10.6 Å². The minimum absolute atomic E-state index is 0.204. The smallest absolute Gasteiger partial charge is 0.257 e. The van der Waals surface area contributed by atoms with Gasteiger partial charge in [0.2, 0.25) is 0 Å². The zero-order valence-corrected chi connectivity index (χ0v) is 15.0. The largest absolute Gasteiger partial charge is 0.384 e. The van der Waals surface area contributed by atoms with Crippen LogP contribution in [0.1, 0.15) is 22.3 Å². The number of anilines is 2. The standard InChI is InChI=1S/C18H23ClN4O/c1-13-5-6-15(19)10-17(13)22-18(24)14-9-16(12-20-11-14)21-7-4-8-23(2)3/h5-6,9-12,21H,4,7-8H2,1-3H3,(H,22,24). The molecular weight excluding hydrogens is 324 g/mol. The lowest BCUT2D eigenvalue weighted by Crippen LogP contribution is -2.17. The Bertz CT molecular complexity index is 703.